The minimum absolute atomic E-state index is 0.0813. The summed E-state index contributed by atoms with van der Waals surface area (Å²) in [5, 5.41) is 13.7. The van der Waals surface area contributed by atoms with E-state index in [1.807, 2.05) is 0 Å². The Labute approximate surface area is 120 Å². The maximum absolute atomic E-state index is 11.6. The Kier molecular flexibility index (Phi) is 4.45. The normalized spacial score (nSPS) is 10.6. The van der Waals surface area contributed by atoms with E-state index in [2.05, 4.69) is 10.5 Å². The highest BCUT2D eigenvalue weighted by atomic mass is 16.5. The first-order valence-electron chi connectivity index (χ1n) is 5.97. The first-order chi connectivity index (χ1) is 10.2. The summed E-state index contributed by atoms with van der Waals surface area (Å²) in [4.78, 5) is 11.6. The predicted molar refractivity (Wildman–Crippen MR) is 75.0 cm³/mol. The Hall–Kier alpha value is -2.96. The van der Waals surface area contributed by atoms with Gasteiger partial charge < -0.3 is 19.0 Å². The number of phenols is 1. The molecule has 0 aliphatic rings. The van der Waals surface area contributed by atoms with Crippen molar-refractivity contribution in [2.75, 3.05) is 14.2 Å². The zero-order valence-corrected chi connectivity index (χ0v) is 11.5. The van der Waals surface area contributed by atoms with E-state index in [1.165, 1.54) is 38.8 Å². The summed E-state index contributed by atoms with van der Waals surface area (Å²) >= 11 is 0. The van der Waals surface area contributed by atoms with Gasteiger partial charge in [-0.05, 0) is 12.1 Å². The van der Waals surface area contributed by atoms with Gasteiger partial charge in [-0.2, -0.15) is 5.10 Å². The summed E-state index contributed by atoms with van der Waals surface area (Å²) in [6, 6.07) is 6.11. The van der Waals surface area contributed by atoms with Crippen molar-refractivity contribution in [3.05, 3.63) is 41.9 Å². The van der Waals surface area contributed by atoms with Crippen LogP contribution in [0.3, 0.4) is 0 Å². The lowest BCUT2D eigenvalue weighted by molar-refractivity contribution is 0.0927. The summed E-state index contributed by atoms with van der Waals surface area (Å²) in [7, 11) is 2.93. The summed E-state index contributed by atoms with van der Waals surface area (Å²) in [5.41, 5.74) is 2.60. The number of hydrazone groups is 1. The lowest BCUT2D eigenvalue weighted by Gasteiger charge is -2.09. The average molecular weight is 290 g/mol. The molecule has 21 heavy (non-hydrogen) atoms. The summed E-state index contributed by atoms with van der Waals surface area (Å²) in [5.74, 6) is 0.368. The van der Waals surface area contributed by atoms with Crippen molar-refractivity contribution in [1.82, 2.24) is 5.43 Å². The number of hydrogen-bond acceptors (Lipinski definition) is 6. The van der Waals surface area contributed by atoms with Gasteiger partial charge in [-0.1, -0.05) is 0 Å². The molecule has 7 heteroatoms. The molecular weight excluding hydrogens is 276 g/mol. The summed E-state index contributed by atoms with van der Waals surface area (Å²) in [6.45, 7) is 0. The molecule has 0 spiro atoms. The van der Waals surface area contributed by atoms with Gasteiger partial charge in [0.15, 0.2) is 5.76 Å². The first-order valence-corrected chi connectivity index (χ1v) is 5.97. The Bertz CT molecular complexity index is 650. The molecular formula is C14H14N2O5. The van der Waals surface area contributed by atoms with Gasteiger partial charge in [0.25, 0.3) is 0 Å². The lowest BCUT2D eigenvalue weighted by atomic mass is 10.2. The van der Waals surface area contributed by atoms with Gasteiger partial charge in [-0.15, -0.1) is 0 Å². The number of methoxy groups -OCH3 is 2. The van der Waals surface area contributed by atoms with E-state index < -0.39 is 5.91 Å². The fourth-order valence-corrected chi connectivity index (χ4v) is 1.62. The second kappa shape index (κ2) is 6.47. The number of furan rings is 1. The van der Waals surface area contributed by atoms with Crippen LogP contribution >= 0.6 is 0 Å². The molecule has 2 N–H and O–H groups in total. The molecule has 0 aliphatic heterocycles. The van der Waals surface area contributed by atoms with Crippen LogP contribution in [-0.2, 0) is 0 Å². The molecule has 0 atom stereocenters. The van der Waals surface area contributed by atoms with Gasteiger partial charge in [0.1, 0.15) is 17.2 Å². The molecule has 2 aromatic rings. The van der Waals surface area contributed by atoms with E-state index in [0.29, 0.717) is 17.1 Å². The molecule has 1 amide bonds. The monoisotopic (exact) mass is 290 g/mol. The van der Waals surface area contributed by atoms with Crippen molar-refractivity contribution < 1.29 is 23.8 Å². The van der Waals surface area contributed by atoms with Gasteiger partial charge in [-0.25, -0.2) is 5.43 Å². The number of hydrogen-bond donors (Lipinski definition) is 2. The number of amides is 1. The average Bonchev–Trinajstić information content (AvgIpc) is 3.02. The van der Waals surface area contributed by atoms with Crippen molar-refractivity contribution in [3.8, 4) is 17.2 Å². The molecule has 1 heterocycles. The minimum Gasteiger partial charge on any atom is -0.507 e. The molecule has 1 aromatic carbocycles. The molecule has 0 saturated carbocycles. The first kappa shape index (κ1) is 14.4. The number of carbonyl (C=O) groups is 1. The molecule has 0 radical (unpaired) electrons. The second-order valence-electron chi connectivity index (χ2n) is 3.94. The van der Waals surface area contributed by atoms with Gasteiger partial charge in [0.05, 0.1) is 32.3 Å². The van der Waals surface area contributed by atoms with Crippen LogP contribution in [0.2, 0.25) is 0 Å². The van der Waals surface area contributed by atoms with Crippen LogP contribution in [0.4, 0.5) is 0 Å². The predicted octanol–water partition coefficient (Wildman–Crippen LogP) is 1.77. The van der Waals surface area contributed by atoms with E-state index in [0.717, 1.165) is 0 Å². The molecule has 0 saturated heterocycles. The Morgan fingerprint density at radius 1 is 1.38 bits per heavy atom. The molecule has 0 bridgehead atoms. The van der Waals surface area contributed by atoms with Crippen LogP contribution in [0.1, 0.15) is 16.1 Å². The number of nitrogens with one attached hydrogen (secondary N) is 1. The fraction of sp³-hybridized carbons (Fsp3) is 0.143. The van der Waals surface area contributed by atoms with Crippen LogP contribution < -0.4 is 14.9 Å². The maximum atomic E-state index is 11.6. The number of rotatable bonds is 5. The smallest absolute Gasteiger partial charge is 0.307 e. The van der Waals surface area contributed by atoms with E-state index in [1.54, 1.807) is 12.1 Å². The van der Waals surface area contributed by atoms with E-state index in [9.17, 15) is 9.90 Å². The third kappa shape index (κ3) is 3.33. The van der Waals surface area contributed by atoms with Crippen molar-refractivity contribution >= 4 is 12.1 Å². The topological polar surface area (TPSA) is 93.3 Å². The highest BCUT2D eigenvalue weighted by Crippen LogP contribution is 2.31. The standard InChI is InChI=1S/C14H14N2O5/c1-19-9-6-11(17)10(13(7-9)20-2)8-15-16-14(18)12-4-3-5-21-12/h3-8,17H,1-2H3,(H,16,18)/b15-8+. The number of aromatic hydroxyl groups is 1. The van der Waals surface area contributed by atoms with Crippen LogP contribution in [0, 0.1) is 0 Å². The van der Waals surface area contributed by atoms with Crippen molar-refractivity contribution in [2.24, 2.45) is 5.10 Å². The molecule has 2 rings (SSSR count). The van der Waals surface area contributed by atoms with Crippen LogP contribution in [0.25, 0.3) is 0 Å². The molecule has 1 aromatic heterocycles. The van der Waals surface area contributed by atoms with Crippen molar-refractivity contribution in [1.29, 1.82) is 0 Å². The molecule has 0 aliphatic carbocycles. The largest absolute Gasteiger partial charge is 0.507 e. The number of nitrogens with zero attached hydrogens (tertiary/aromatic N) is 1. The third-order valence-electron chi connectivity index (χ3n) is 2.65. The second-order valence-corrected chi connectivity index (χ2v) is 3.94. The van der Waals surface area contributed by atoms with Crippen LogP contribution in [0.5, 0.6) is 17.2 Å². The van der Waals surface area contributed by atoms with Crippen LogP contribution in [-0.4, -0.2) is 31.4 Å². The molecule has 110 valence electrons. The van der Waals surface area contributed by atoms with Gasteiger partial charge >= 0.3 is 5.91 Å². The Morgan fingerprint density at radius 2 is 2.19 bits per heavy atom. The van der Waals surface area contributed by atoms with E-state index >= 15 is 0 Å². The van der Waals surface area contributed by atoms with Crippen molar-refractivity contribution in [2.45, 2.75) is 0 Å². The summed E-state index contributed by atoms with van der Waals surface area (Å²) in [6.07, 6.45) is 2.66. The lowest BCUT2D eigenvalue weighted by Crippen LogP contribution is -2.16. The summed E-state index contributed by atoms with van der Waals surface area (Å²) < 4.78 is 15.1. The van der Waals surface area contributed by atoms with Crippen molar-refractivity contribution in [3.63, 3.8) is 0 Å². The number of benzene rings is 1. The van der Waals surface area contributed by atoms with Gasteiger partial charge in [0.2, 0.25) is 0 Å². The highest BCUT2D eigenvalue weighted by Gasteiger charge is 2.11. The highest BCUT2D eigenvalue weighted by molar-refractivity contribution is 5.93. The minimum atomic E-state index is -0.497. The quantitative estimate of drug-likeness (QED) is 0.646. The maximum Gasteiger partial charge on any atom is 0.307 e. The zero-order valence-electron chi connectivity index (χ0n) is 11.5. The number of carbonyl (C=O) groups excluding carboxylic acids is 1. The Balaban J connectivity index is 2.15. The van der Waals surface area contributed by atoms with E-state index in [4.69, 9.17) is 13.9 Å². The van der Waals surface area contributed by atoms with Crippen LogP contribution in [0.15, 0.2) is 40.0 Å². The van der Waals surface area contributed by atoms with Gasteiger partial charge in [0, 0.05) is 12.1 Å². The Morgan fingerprint density at radius 3 is 2.81 bits per heavy atom. The molecule has 0 unspecified atom stereocenters. The molecule has 0 fully saturated rings. The number of ether oxygens (including phenoxy) is 2. The fourth-order valence-electron chi connectivity index (χ4n) is 1.62. The van der Waals surface area contributed by atoms with E-state index in [-0.39, 0.29) is 11.5 Å². The zero-order chi connectivity index (χ0) is 15.2. The third-order valence-corrected chi connectivity index (χ3v) is 2.65. The molecule has 7 nitrogen and oxygen atoms in total. The SMILES string of the molecule is COc1cc(O)c(/C=N/NC(=O)c2ccco2)c(OC)c1. The number of phenolic OH excluding ortho intramolecular Hbond substituents is 1. The van der Waals surface area contributed by atoms with Gasteiger partial charge in [-0.3, -0.25) is 4.79 Å².